The first-order valence-electron chi connectivity index (χ1n) is 6.75. The van der Waals surface area contributed by atoms with Crippen LogP contribution in [-0.2, 0) is 0 Å². The molecule has 4 heteroatoms. The molecule has 0 aliphatic rings. The van der Waals surface area contributed by atoms with Gasteiger partial charge >= 0.3 is 0 Å². The summed E-state index contributed by atoms with van der Waals surface area (Å²) in [7, 11) is 0. The number of halogens is 1. The molecule has 3 nitrogen and oxygen atoms in total. The van der Waals surface area contributed by atoms with Crippen molar-refractivity contribution in [1.29, 1.82) is 0 Å². The minimum absolute atomic E-state index is 0.103. The van der Waals surface area contributed by atoms with Crippen LogP contribution in [0, 0.1) is 10.1 Å². The van der Waals surface area contributed by atoms with Crippen molar-refractivity contribution in [1.82, 2.24) is 0 Å². The molecule has 3 aromatic rings. The normalized spacial score (nSPS) is 10.4. The highest BCUT2D eigenvalue weighted by atomic mass is 79.9. The van der Waals surface area contributed by atoms with Gasteiger partial charge in [-0.3, -0.25) is 10.1 Å². The van der Waals surface area contributed by atoms with Gasteiger partial charge in [0.2, 0.25) is 0 Å². The van der Waals surface area contributed by atoms with E-state index in [0.717, 1.165) is 21.2 Å². The van der Waals surface area contributed by atoms with Gasteiger partial charge in [-0.15, -0.1) is 0 Å². The summed E-state index contributed by atoms with van der Waals surface area (Å²) in [4.78, 5) is 11.0. The fraction of sp³-hybridized carbons (Fsp3) is 0. The molecule has 0 atom stereocenters. The van der Waals surface area contributed by atoms with Gasteiger partial charge in [-0.2, -0.15) is 0 Å². The van der Waals surface area contributed by atoms with Gasteiger partial charge in [0.15, 0.2) is 0 Å². The monoisotopic (exact) mass is 353 g/mol. The molecule has 0 bridgehead atoms. The van der Waals surface area contributed by atoms with Crippen LogP contribution in [0.2, 0.25) is 0 Å². The van der Waals surface area contributed by atoms with Crippen molar-refractivity contribution in [2.24, 2.45) is 0 Å². The number of hydrogen-bond acceptors (Lipinski definition) is 2. The smallest absolute Gasteiger partial charge is 0.258 e. The molecule has 0 saturated heterocycles. The molecule has 3 aromatic carbocycles. The topological polar surface area (TPSA) is 43.1 Å². The van der Waals surface area contributed by atoms with Gasteiger partial charge < -0.3 is 0 Å². The molecule has 0 saturated carbocycles. The summed E-state index contributed by atoms with van der Waals surface area (Å²) in [6.45, 7) is 0. The third-order valence-corrected chi connectivity index (χ3v) is 4.16. The van der Waals surface area contributed by atoms with E-state index in [0.29, 0.717) is 5.56 Å². The molecule has 0 aromatic heterocycles. The van der Waals surface area contributed by atoms with Crippen LogP contribution in [0.1, 0.15) is 0 Å². The molecular weight excluding hydrogens is 342 g/mol. The summed E-state index contributed by atoms with van der Waals surface area (Å²) in [5, 5.41) is 11.3. The minimum atomic E-state index is -0.344. The zero-order valence-corrected chi connectivity index (χ0v) is 13.2. The molecule has 0 fully saturated rings. The molecule has 0 spiro atoms. The van der Waals surface area contributed by atoms with Crippen molar-refractivity contribution in [3.63, 3.8) is 0 Å². The van der Waals surface area contributed by atoms with Gasteiger partial charge in [0.1, 0.15) is 0 Å². The lowest BCUT2D eigenvalue weighted by Crippen LogP contribution is -1.93. The molecule has 0 aliphatic carbocycles. The predicted octanol–water partition coefficient (Wildman–Crippen LogP) is 5.69. The molecular formula is C18H12BrNO2. The van der Waals surface area contributed by atoms with Crippen molar-refractivity contribution in [2.45, 2.75) is 0 Å². The van der Waals surface area contributed by atoms with E-state index in [2.05, 4.69) is 15.9 Å². The molecule has 0 amide bonds. The second kappa shape index (κ2) is 6.12. The van der Waals surface area contributed by atoms with E-state index in [4.69, 9.17) is 0 Å². The van der Waals surface area contributed by atoms with Crippen LogP contribution in [0.5, 0.6) is 0 Å². The molecule has 108 valence electrons. The second-order valence-corrected chi connectivity index (χ2v) is 5.69. The Labute approximate surface area is 136 Å². The van der Waals surface area contributed by atoms with Crippen molar-refractivity contribution in [3.05, 3.63) is 87.4 Å². The third kappa shape index (κ3) is 2.78. The molecule has 0 radical (unpaired) electrons. The van der Waals surface area contributed by atoms with Crippen LogP contribution in [0.4, 0.5) is 5.69 Å². The largest absolute Gasteiger partial charge is 0.277 e. The maximum absolute atomic E-state index is 11.3. The Morgan fingerprint density at radius 2 is 1.45 bits per heavy atom. The lowest BCUT2D eigenvalue weighted by Gasteiger charge is -2.09. The zero-order chi connectivity index (χ0) is 15.5. The molecule has 22 heavy (non-hydrogen) atoms. The lowest BCUT2D eigenvalue weighted by atomic mass is 9.97. The third-order valence-electron chi connectivity index (χ3n) is 3.46. The minimum Gasteiger partial charge on any atom is -0.258 e. The molecule has 0 heterocycles. The van der Waals surface area contributed by atoms with Gasteiger partial charge in [-0.1, -0.05) is 64.5 Å². The Morgan fingerprint density at radius 1 is 0.773 bits per heavy atom. The quantitative estimate of drug-likeness (QED) is 0.448. The zero-order valence-electron chi connectivity index (χ0n) is 11.6. The van der Waals surface area contributed by atoms with Crippen molar-refractivity contribution in [2.75, 3.05) is 0 Å². The van der Waals surface area contributed by atoms with Gasteiger partial charge in [0.25, 0.3) is 5.69 Å². The Kier molecular flexibility index (Phi) is 4.02. The van der Waals surface area contributed by atoms with Crippen LogP contribution in [0.15, 0.2) is 77.3 Å². The molecule has 0 aliphatic heterocycles. The highest BCUT2D eigenvalue weighted by Gasteiger charge is 2.17. The van der Waals surface area contributed by atoms with E-state index in [1.165, 1.54) is 0 Å². The standard InChI is InChI=1S/C18H12BrNO2/c19-17-9-5-4-8-15(17)16-12-14(10-11-18(16)20(21)22)13-6-2-1-3-7-13/h1-12H. The van der Waals surface area contributed by atoms with Crippen LogP contribution in [0.25, 0.3) is 22.3 Å². The molecule has 0 unspecified atom stereocenters. The van der Waals surface area contributed by atoms with Crippen LogP contribution in [0.3, 0.4) is 0 Å². The van der Waals surface area contributed by atoms with E-state index < -0.39 is 0 Å². The first kappa shape index (κ1) is 14.5. The highest BCUT2D eigenvalue weighted by Crippen LogP contribution is 2.37. The Balaban J connectivity index is 2.22. The summed E-state index contributed by atoms with van der Waals surface area (Å²) >= 11 is 3.47. The van der Waals surface area contributed by atoms with Crippen LogP contribution in [-0.4, -0.2) is 4.92 Å². The van der Waals surface area contributed by atoms with Crippen LogP contribution >= 0.6 is 15.9 Å². The second-order valence-electron chi connectivity index (χ2n) is 4.83. The van der Waals surface area contributed by atoms with Crippen molar-refractivity contribution >= 4 is 21.6 Å². The lowest BCUT2D eigenvalue weighted by molar-refractivity contribution is -0.384. The average molecular weight is 354 g/mol. The number of nitro benzene ring substituents is 1. The number of benzene rings is 3. The van der Waals surface area contributed by atoms with Gasteiger partial charge in [0, 0.05) is 16.1 Å². The SMILES string of the molecule is O=[N+]([O-])c1ccc(-c2ccccc2)cc1-c1ccccc1Br. The summed E-state index contributed by atoms with van der Waals surface area (Å²) in [5.74, 6) is 0. The summed E-state index contributed by atoms with van der Waals surface area (Å²) < 4.78 is 0.836. The molecule has 3 rings (SSSR count). The van der Waals surface area contributed by atoms with E-state index >= 15 is 0 Å². The molecule has 0 N–H and O–H groups in total. The van der Waals surface area contributed by atoms with E-state index in [1.807, 2.05) is 60.7 Å². The summed E-state index contributed by atoms with van der Waals surface area (Å²) in [6, 6.07) is 22.6. The number of nitrogens with zero attached hydrogens (tertiary/aromatic N) is 1. The average Bonchev–Trinajstić information content (AvgIpc) is 2.55. The number of rotatable bonds is 3. The Morgan fingerprint density at radius 3 is 2.14 bits per heavy atom. The maximum Gasteiger partial charge on any atom is 0.277 e. The fourth-order valence-corrected chi connectivity index (χ4v) is 2.90. The summed E-state index contributed by atoms with van der Waals surface area (Å²) in [6.07, 6.45) is 0. The Hall–Kier alpha value is -2.46. The first-order chi connectivity index (χ1) is 10.7. The highest BCUT2D eigenvalue weighted by molar-refractivity contribution is 9.10. The van der Waals surface area contributed by atoms with E-state index in [9.17, 15) is 10.1 Å². The predicted molar refractivity (Wildman–Crippen MR) is 91.7 cm³/mol. The maximum atomic E-state index is 11.3. The van der Waals surface area contributed by atoms with Crippen molar-refractivity contribution in [3.8, 4) is 22.3 Å². The van der Waals surface area contributed by atoms with Crippen molar-refractivity contribution < 1.29 is 4.92 Å². The fourth-order valence-electron chi connectivity index (χ4n) is 2.40. The van der Waals surface area contributed by atoms with Gasteiger partial charge in [-0.25, -0.2) is 0 Å². The van der Waals surface area contributed by atoms with E-state index in [1.54, 1.807) is 12.1 Å². The first-order valence-corrected chi connectivity index (χ1v) is 7.55. The number of hydrogen-bond donors (Lipinski definition) is 0. The van der Waals surface area contributed by atoms with E-state index in [-0.39, 0.29) is 10.6 Å². The Bertz CT molecular complexity index is 832. The van der Waals surface area contributed by atoms with Gasteiger partial charge in [-0.05, 0) is 29.3 Å². The number of nitro groups is 1. The van der Waals surface area contributed by atoms with Gasteiger partial charge in [0.05, 0.1) is 10.5 Å². The summed E-state index contributed by atoms with van der Waals surface area (Å²) in [5.41, 5.74) is 3.51. The van der Waals surface area contributed by atoms with Crippen LogP contribution < -0.4 is 0 Å².